The Morgan fingerprint density at radius 1 is 1.28 bits per heavy atom. The van der Waals surface area contributed by atoms with Gasteiger partial charge in [-0.05, 0) is 11.6 Å². The number of nitrogens with zero attached hydrogens (tertiary/aromatic N) is 3. The smallest absolute Gasteiger partial charge is 0.276 e. The molecule has 0 atom stereocenters. The van der Waals surface area contributed by atoms with Gasteiger partial charge in [-0.2, -0.15) is 10.2 Å². The van der Waals surface area contributed by atoms with Gasteiger partial charge < -0.3 is 0 Å². The Morgan fingerprint density at radius 2 is 2.11 bits per heavy atom. The first kappa shape index (κ1) is 11.0. The molecule has 0 aliphatic carbocycles. The van der Waals surface area contributed by atoms with Crippen LogP contribution in [-0.2, 0) is 6.54 Å². The quantitative estimate of drug-likeness (QED) is 0.764. The van der Waals surface area contributed by atoms with Crippen molar-refractivity contribution in [2.45, 2.75) is 6.54 Å². The first-order valence-electron chi connectivity index (χ1n) is 5.38. The topological polar surface area (TPSA) is 63.6 Å². The van der Waals surface area contributed by atoms with Gasteiger partial charge in [0, 0.05) is 5.02 Å². The van der Waals surface area contributed by atoms with Crippen LogP contribution in [0.5, 0.6) is 0 Å². The fourth-order valence-corrected chi connectivity index (χ4v) is 1.98. The van der Waals surface area contributed by atoms with Crippen molar-refractivity contribution >= 4 is 22.5 Å². The standard InChI is InChI=1S/C12H9ClN4O/c13-10-4-2-1-3-8(10)7-17-12(18)9-5-14-16-11(9)6-15-17/h1-6H,7H2,(H,14,16). The lowest BCUT2D eigenvalue weighted by atomic mass is 10.2. The molecule has 3 rings (SSSR count). The number of hydrogen-bond donors (Lipinski definition) is 1. The summed E-state index contributed by atoms with van der Waals surface area (Å²) in [6.07, 6.45) is 3.09. The largest absolute Gasteiger partial charge is 0.278 e. The van der Waals surface area contributed by atoms with E-state index in [2.05, 4.69) is 15.3 Å². The minimum Gasteiger partial charge on any atom is -0.276 e. The zero-order chi connectivity index (χ0) is 12.5. The summed E-state index contributed by atoms with van der Waals surface area (Å²) in [7, 11) is 0. The summed E-state index contributed by atoms with van der Waals surface area (Å²) < 4.78 is 1.37. The third kappa shape index (κ3) is 1.78. The van der Waals surface area contributed by atoms with Crippen LogP contribution in [0.25, 0.3) is 10.9 Å². The van der Waals surface area contributed by atoms with E-state index in [0.717, 1.165) is 5.56 Å². The van der Waals surface area contributed by atoms with Crippen LogP contribution in [0.2, 0.25) is 5.02 Å². The molecule has 0 spiro atoms. The molecule has 0 aliphatic rings. The van der Waals surface area contributed by atoms with Crippen molar-refractivity contribution < 1.29 is 0 Å². The van der Waals surface area contributed by atoms with E-state index >= 15 is 0 Å². The highest BCUT2D eigenvalue weighted by molar-refractivity contribution is 6.31. The van der Waals surface area contributed by atoms with E-state index in [1.807, 2.05) is 18.2 Å². The maximum atomic E-state index is 12.1. The van der Waals surface area contributed by atoms with E-state index in [-0.39, 0.29) is 5.56 Å². The van der Waals surface area contributed by atoms with E-state index in [9.17, 15) is 4.79 Å². The summed E-state index contributed by atoms with van der Waals surface area (Å²) in [6, 6.07) is 7.39. The van der Waals surface area contributed by atoms with Crippen molar-refractivity contribution in [2.75, 3.05) is 0 Å². The summed E-state index contributed by atoms with van der Waals surface area (Å²) in [5.74, 6) is 0. The number of aromatic nitrogens is 4. The number of benzene rings is 1. The van der Waals surface area contributed by atoms with Gasteiger partial charge in [-0.15, -0.1) is 0 Å². The third-order valence-electron chi connectivity index (χ3n) is 2.74. The molecule has 1 aromatic carbocycles. The molecule has 0 radical (unpaired) electrons. The van der Waals surface area contributed by atoms with Crippen LogP contribution in [0.1, 0.15) is 5.56 Å². The molecule has 0 bridgehead atoms. The molecular formula is C12H9ClN4O. The second-order valence-electron chi connectivity index (χ2n) is 3.90. The number of nitrogens with one attached hydrogen (secondary N) is 1. The van der Waals surface area contributed by atoms with Crippen LogP contribution < -0.4 is 5.56 Å². The van der Waals surface area contributed by atoms with Crippen molar-refractivity contribution in [2.24, 2.45) is 0 Å². The van der Waals surface area contributed by atoms with Gasteiger partial charge in [0.05, 0.1) is 29.8 Å². The van der Waals surface area contributed by atoms with E-state index < -0.39 is 0 Å². The Kier molecular flexibility index (Phi) is 2.60. The van der Waals surface area contributed by atoms with Gasteiger partial charge in [-0.3, -0.25) is 9.89 Å². The maximum absolute atomic E-state index is 12.1. The minimum atomic E-state index is -0.179. The second-order valence-corrected chi connectivity index (χ2v) is 4.30. The predicted octanol–water partition coefficient (Wildman–Crippen LogP) is 1.82. The molecule has 0 unspecified atom stereocenters. The van der Waals surface area contributed by atoms with Crippen LogP contribution in [0.4, 0.5) is 0 Å². The van der Waals surface area contributed by atoms with Crippen molar-refractivity contribution in [1.82, 2.24) is 20.0 Å². The average molecular weight is 261 g/mol. The number of fused-ring (bicyclic) bond motifs is 1. The molecule has 0 saturated carbocycles. The Bertz CT molecular complexity index is 762. The molecule has 0 aliphatic heterocycles. The number of hydrogen-bond acceptors (Lipinski definition) is 3. The van der Waals surface area contributed by atoms with E-state index in [1.165, 1.54) is 10.9 Å². The number of rotatable bonds is 2. The molecule has 6 heteroatoms. The maximum Gasteiger partial charge on any atom is 0.278 e. The highest BCUT2D eigenvalue weighted by Gasteiger charge is 2.07. The van der Waals surface area contributed by atoms with Crippen molar-refractivity contribution in [1.29, 1.82) is 0 Å². The Morgan fingerprint density at radius 3 is 2.94 bits per heavy atom. The van der Waals surface area contributed by atoms with Gasteiger partial charge in [0.2, 0.25) is 0 Å². The second kappa shape index (κ2) is 4.27. The van der Waals surface area contributed by atoms with Crippen LogP contribution in [0, 0.1) is 0 Å². The van der Waals surface area contributed by atoms with Gasteiger partial charge >= 0.3 is 0 Å². The number of halogens is 1. The fraction of sp³-hybridized carbons (Fsp3) is 0.0833. The molecular weight excluding hydrogens is 252 g/mol. The minimum absolute atomic E-state index is 0.179. The molecule has 5 nitrogen and oxygen atoms in total. The Balaban J connectivity index is 2.08. The van der Waals surface area contributed by atoms with Crippen LogP contribution in [0.15, 0.2) is 41.5 Å². The van der Waals surface area contributed by atoms with Crippen molar-refractivity contribution in [3.8, 4) is 0 Å². The van der Waals surface area contributed by atoms with Crippen LogP contribution >= 0.6 is 11.6 Å². The molecule has 18 heavy (non-hydrogen) atoms. The summed E-state index contributed by atoms with van der Waals surface area (Å²) in [6.45, 7) is 0.347. The van der Waals surface area contributed by atoms with Crippen molar-refractivity contribution in [3.63, 3.8) is 0 Å². The summed E-state index contributed by atoms with van der Waals surface area (Å²) in [5, 5.41) is 11.8. The zero-order valence-corrected chi connectivity index (χ0v) is 10.1. The molecule has 0 saturated heterocycles. The lowest BCUT2D eigenvalue weighted by molar-refractivity contribution is 0.647. The van der Waals surface area contributed by atoms with Crippen LogP contribution in [0.3, 0.4) is 0 Å². The van der Waals surface area contributed by atoms with Gasteiger partial charge in [-0.1, -0.05) is 29.8 Å². The highest BCUT2D eigenvalue weighted by Crippen LogP contribution is 2.15. The summed E-state index contributed by atoms with van der Waals surface area (Å²) >= 11 is 6.06. The molecule has 0 amide bonds. The lowest BCUT2D eigenvalue weighted by Gasteiger charge is -2.05. The van der Waals surface area contributed by atoms with E-state index in [0.29, 0.717) is 22.5 Å². The molecule has 2 heterocycles. The Hall–Kier alpha value is -2.14. The van der Waals surface area contributed by atoms with E-state index in [4.69, 9.17) is 11.6 Å². The van der Waals surface area contributed by atoms with Gasteiger partial charge in [-0.25, -0.2) is 4.68 Å². The first-order chi connectivity index (χ1) is 8.75. The normalized spacial score (nSPS) is 10.9. The van der Waals surface area contributed by atoms with Crippen LogP contribution in [-0.4, -0.2) is 20.0 Å². The average Bonchev–Trinajstić information content (AvgIpc) is 2.84. The summed E-state index contributed by atoms with van der Waals surface area (Å²) in [5.41, 5.74) is 1.31. The van der Waals surface area contributed by atoms with Crippen molar-refractivity contribution in [3.05, 3.63) is 57.6 Å². The first-order valence-corrected chi connectivity index (χ1v) is 5.76. The molecule has 2 aromatic heterocycles. The lowest BCUT2D eigenvalue weighted by Crippen LogP contribution is -2.23. The fourth-order valence-electron chi connectivity index (χ4n) is 1.78. The molecule has 90 valence electrons. The zero-order valence-electron chi connectivity index (χ0n) is 9.30. The van der Waals surface area contributed by atoms with E-state index in [1.54, 1.807) is 12.3 Å². The summed E-state index contributed by atoms with van der Waals surface area (Å²) in [4.78, 5) is 12.1. The predicted molar refractivity (Wildman–Crippen MR) is 68.7 cm³/mol. The SMILES string of the molecule is O=c1c2cn[nH]c2cnn1Cc1ccccc1Cl. The molecule has 3 aromatic rings. The Labute approximate surface area is 107 Å². The molecule has 0 fully saturated rings. The number of H-pyrrole nitrogens is 1. The van der Waals surface area contributed by atoms with Gasteiger partial charge in [0.1, 0.15) is 0 Å². The van der Waals surface area contributed by atoms with Gasteiger partial charge in [0.15, 0.2) is 0 Å². The molecule has 1 N–H and O–H groups in total. The number of aromatic amines is 1. The third-order valence-corrected chi connectivity index (χ3v) is 3.11. The monoisotopic (exact) mass is 260 g/mol. The highest BCUT2D eigenvalue weighted by atomic mass is 35.5. The van der Waals surface area contributed by atoms with Gasteiger partial charge in [0.25, 0.3) is 5.56 Å².